The number of aryl methyl sites for hydroxylation is 1. The van der Waals surface area contributed by atoms with Crippen LogP contribution < -0.4 is 5.73 Å². The highest BCUT2D eigenvalue weighted by atomic mass is 79.9. The summed E-state index contributed by atoms with van der Waals surface area (Å²) in [5.74, 6) is 0.724. The third-order valence-corrected chi connectivity index (χ3v) is 3.04. The highest BCUT2D eigenvalue weighted by Crippen LogP contribution is 2.26. The van der Waals surface area contributed by atoms with Gasteiger partial charge in [0.05, 0.1) is 16.2 Å². The summed E-state index contributed by atoms with van der Waals surface area (Å²) in [6.45, 7) is 6.17. The van der Waals surface area contributed by atoms with Crippen LogP contribution in [0.4, 0.5) is 5.82 Å². The maximum Gasteiger partial charge on any atom is 0.136 e. The van der Waals surface area contributed by atoms with Crippen LogP contribution >= 0.6 is 15.9 Å². The van der Waals surface area contributed by atoms with Gasteiger partial charge in [-0.3, -0.25) is 0 Å². The summed E-state index contributed by atoms with van der Waals surface area (Å²) in [5, 5.41) is 4.33. The summed E-state index contributed by atoms with van der Waals surface area (Å²) < 4.78 is 2.78. The minimum atomic E-state index is 0.370. The minimum Gasteiger partial charge on any atom is -0.383 e. The van der Waals surface area contributed by atoms with E-state index in [2.05, 4.69) is 34.9 Å². The number of halogens is 1. The first-order valence-corrected chi connectivity index (χ1v) is 4.87. The average Bonchev–Trinajstić information content (AvgIpc) is 2.32. The van der Waals surface area contributed by atoms with E-state index in [1.165, 1.54) is 0 Å². The van der Waals surface area contributed by atoms with E-state index in [0.717, 1.165) is 22.4 Å². The van der Waals surface area contributed by atoms with E-state index in [1.807, 2.05) is 11.6 Å². The van der Waals surface area contributed by atoms with Crippen LogP contribution in [0, 0.1) is 6.92 Å². The molecule has 1 aromatic rings. The molecule has 12 heavy (non-hydrogen) atoms. The SMILES string of the molecule is CCC(C)n1nc(C)c(Br)c1N. The molecule has 0 aliphatic heterocycles. The molecule has 0 aliphatic rings. The van der Waals surface area contributed by atoms with Gasteiger partial charge in [0.25, 0.3) is 0 Å². The summed E-state index contributed by atoms with van der Waals surface area (Å²) in [6.07, 6.45) is 1.04. The second-order valence-corrected chi connectivity index (χ2v) is 3.78. The van der Waals surface area contributed by atoms with Crippen LogP contribution in [0.5, 0.6) is 0 Å². The van der Waals surface area contributed by atoms with Gasteiger partial charge in [0.15, 0.2) is 0 Å². The molecule has 1 atom stereocenters. The molecule has 0 saturated carbocycles. The summed E-state index contributed by atoms with van der Waals surface area (Å²) in [5.41, 5.74) is 6.79. The zero-order chi connectivity index (χ0) is 9.30. The van der Waals surface area contributed by atoms with Gasteiger partial charge in [0.1, 0.15) is 5.82 Å². The van der Waals surface area contributed by atoms with Gasteiger partial charge < -0.3 is 5.73 Å². The zero-order valence-electron chi connectivity index (χ0n) is 7.63. The number of aromatic nitrogens is 2. The van der Waals surface area contributed by atoms with Gasteiger partial charge in [-0.05, 0) is 36.2 Å². The first-order chi connectivity index (χ1) is 5.57. The van der Waals surface area contributed by atoms with E-state index in [-0.39, 0.29) is 0 Å². The lowest BCUT2D eigenvalue weighted by Gasteiger charge is -2.10. The first-order valence-electron chi connectivity index (χ1n) is 4.08. The first kappa shape index (κ1) is 9.58. The van der Waals surface area contributed by atoms with Crippen LogP contribution in [-0.2, 0) is 0 Å². The van der Waals surface area contributed by atoms with Crippen LogP contribution in [0.1, 0.15) is 32.0 Å². The Kier molecular flexibility index (Phi) is 2.77. The molecule has 0 amide bonds. The molecule has 1 heterocycles. The molecule has 0 aromatic carbocycles. The Balaban J connectivity index is 3.08. The van der Waals surface area contributed by atoms with Crippen molar-refractivity contribution in [3.8, 4) is 0 Å². The van der Waals surface area contributed by atoms with Crippen molar-refractivity contribution in [1.29, 1.82) is 0 Å². The molecular formula is C8H14BrN3. The number of anilines is 1. The number of rotatable bonds is 2. The Hall–Kier alpha value is -0.510. The van der Waals surface area contributed by atoms with Crippen LogP contribution in [0.2, 0.25) is 0 Å². The molecule has 3 nitrogen and oxygen atoms in total. The van der Waals surface area contributed by atoms with Crippen LogP contribution in [0.25, 0.3) is 0 Å². The zero-order valence-corrected chi connectivity index (χ0v) is 9.22. The second-order valence-electron chi connectivity index (χ2n) is 2.99. The van der Waals surface area contributed by atoms with E-state index in [0.29, 0.717) is 6.04 Å². The van der Waals surface area contributed by atoms with Crippen molar-refractivity contribution in [2.75, 3.05) is 5.73 Å². The molecule has 4 heteroatoms. The number of hydrogen-bond acceptors (Lipinski definition) is 2. The van der Waals surface area contributed by atoms with E-state index in [4.69, 9.17) is 5.73 Å². The third kappa shape index (κ3) is 1.48. The lowest BCUT2D eigenvalue weighted by Crippen LogP contribution is -2.09. The van der Waals surface area contributed by atoms with E-state index < -0.39 is 0 Å². The topological polar surface area (TPSA) is 43.8 Å². The maximum absolute atomic E-state index is 5.83. The molecular weight excluding hydrogens is 218 g/mol. The van der Waals surface area contributed by atoms with Crippen molar-refractivity contribution >= 4 is 21.7 Å². The predicted molar refractivity (Wildman–Crippen MR) is 54.1 cm³/mol. The summed E-state index contributed by atoms with van der Waals surface area (Å²) >= 11 is 3.39. The van der Waals surface area contributed by atoms with Crippen LogP contribution in [0.3, 0.4) is 0 Å². The lowest BCUT2D eigenvalue weighted by atomic mass is 10.3. The quantitative estimate of drug-likeness (QED) is 0.851. The van der Waals surface area contributed by atoms with Gasteiger partial charge in [-0.1, -0.05) is 6.92 Å². The Labute approximate surface area is 81.1 Å². The molecule has 2 N–H and O–H groups in total. The summed E-state index contributed by atoms with van der Waals surface area (Å²) in [4.78, 5) is 0. The Morgan fingerprint density at radius 1 is 1.67 bits per heavy atom. The van der Waals surface area contributed by atoms with Crippen molar-refractivity contribution in [3.05, 3.63) is 10.2 Å². The van der Waals surface area contributed by atoms with Gasteiger partial charge in [0.2, 0.25) is 0 Å². The fraction of sp³-hybridized carbons (Fsp3) is 0.625. The largest absolute Gasteiger partial charge is 0.383 e. The molecule has 0 bridgehead atoms. The second kappa shape index (κ2) is 3.47. The van der Waals surface area contributed by atoms with Gasteiger partial charge in [-0.2, -0.15) is 5.10 Å². The molecule has 68 valence electrons. The summed E-state index contributed by atoms with van der Waals surface area (Å²) in [7, 11) is 0. The van der Waals surface area contributed by atoms with Crippen molar-refractivity contribution in [2.45, 2.75) is 33.2 Å². The summed E-state index contributed by atoms with van der Waals surface area (Å²) in [6, 6.07) is 0.370. The number of nitrogens with two attached hydrogens (primary N) is 1. The molecule has 0 aliphatic carbocycles. The van der Waals surface area contributed by atoms with Gasteiger partial charge in [-0.25, -0.2) is 4.68 Å². The number of hydrogen-bond donors (Lipinski definition) is 1. The lowest BCUT2D eigenvalue weighted by molar-refractivity contribution is 0.482. The standard InChI is InChI=1S/C8H14BrN3/c1-4-5(2)12-8(10)7(9)6(3)11-12/h5H,4,10H2,1-3H3. The van der Waals surface area contributed by atoms with Crippen LogP contribution in [-0.4, -0.2) is 9.78 Å². The molecule has 1 unspecified atom stereocenters. The van der Waals surface area contributed by atoms with Gasteiger partial charge >= 0.3 is 0 Å². The highest BCUT2D eigenvalue weighted by molar-refractivity contribution is 9.10. The fourth-order valence-electron chi connectivity index (χ4n) is 1.05. The van der Waals surface area contributed by atoms with Crippen LogP contribution in [0.15, 0.2) is 4.47 Å². The van der Waals surface area contributed by atoms with Crippen molar-refractivity contribution in [2.24, 2.45) is 0 Å². The van der Waals surface area contributed by atoms with Crippen molar-refractivity contribution < 1.29 is 0 Å². The van der Waals surface area contributed by atoms with Crippen molar-refractivity contribution in [1.82, 2.24) is 9.78 Å². The molecule has 0 saturated heterocycles. The average molecular weight is 232 g/mol. The normalized spacial score (nSPS) is 13.3. The van der Waals surface area contributed by atoms with Crippen molar-refractivity contribution in [3.63, 3.8) is 0 Å². The molecule has 1 rings (SSSR count). The Morgan fingerprint density at radius 2 is 2.25 bits per heavy atom. The number of nitrogen functional groups attached to an aromatic ring is 1. The molecule has 0 radical (unpaired) electrons. The van der Waals surface area contributed by atoms with E-state index in [1.54, 1.807) is 0 Å². The predicted octanol–water partition coefficient (Wildman–Crippen LogP) is 2.51. The van der Waals surface area contributed by atoms with E-state index in [9.17, 15) is 0 Å². The monoisotopic (exact) mass is 231 g/mol. The third-order valence-electron chi connectivity index (χ3n) is 2.06. The molecule has 1 aromatic heterocycles. The molecule has 0 spiro atoms. The maximum atomic E-state index is 5.83. The van der Waals surface area contributed by atoms with Gasteiger partial charge in [0, 0.05) is 0 Å². The highest BCUT2D eigenvalue weighted by Gasteiger charge is 2.12. The Morgan fingerprint density at radius 3 is 2.58 bits per heavy atom. The van der Waals surface area contributed by atoms with E-state index >= 15 is 0 Å². The van der Waals surface area contributed by atoms with Gasteiger partial charge in [-0.15, -0.1) is 0 Å². The Bertz CT molecular complexity index is 280. The molecule has 0 fully saturated rings. The minimum absolute atomic E-state index is 0.370. The smallest absolute Gasteiger partial charge is 0.136 e. The fourth-order valence-corrected chi connectivity index (χ4v) is 1.32. The number of nitrogens with zero attached hydrogens (tertiary/aromatic N) is 2.